The molecule has 1 aromatic carbocycles. The van der Waals surface area contributed by atoms with Gasteiger partial charge in [-0.3, -0.25) is 4.79 Å². The van der Waals surface area contributed by atoms with Gasteiger partial charge in [0.1, 0.15) is 5.75 Å². The van der Waals surface area contributed by atoms with E-state index in [1.54, 1.807) is 14.2 Å². The molecule has 0 heterocycles. The number of methoxy groups -OCH3 is 2. The minimum absolute atomic E-state index is 0.0821. The fraction of sp³-hybridized carbons (Fsp3) is 0.500. The number of amides is 1. The molecule has 1 rings (SSSR count). The van der Waals surface area contributed by atoms with E-state index in [2.05, 4.69) is 10.6 Å². The van der Waals surface area contributed by atoms with Crippen molar-refractivity contribution < 1.29 is 14.3 Å². The van der Waals surface area contributed by atoms with Crippen LogP contribution < -0.4 is 15.4 Å². The van der Waals surface area contributed by atoms with Crippen molar-refractivity contribution in [3.8, 4) is 5.75 Å². The summed E-state index contributed by atoms with van der Waals surface area (Å²) in [6.45, 7) is 3.70. The maximum atomic E-state index is 11.8. The Morgan fingerprint density at radius 3 is 2.79 bits per heavy atom. The molecule has 0 aliphatic carbocycles. The largest absolute Gasteiger partial charge is 0.495 e. The van der Waals surface area contributed by atoms with Crippen molar-refractivity contribution in [2.75, 3.05) is 39.2 Å². The molecule has 1 amide bonds. The first-order valence-electron chi connectivity index (χ1n) is 6.31. The van der Waals surface area contributed by atoms with Crippen molar-refractivity contribution in [2.24, 2.45) is 0 Å². The van der Waals surface area contributed by atoms with E-state index >= 15 is 0 Å². The second kappa shape index (κ2) is 8.50. The minimum Gasteiger partial charge on any atom is -0.495 e. The summed E-state index contributed by atoms with van der Waals surface area (Å²) in [5, 5.41) is 5.89. The summed E-state index contributed by atoms with van der Waals surface area (Å²) in [5.74, 6) is 0.583. The van der Waals surface area contributed by atoms with E-state index in [-0.39, 0.29) is 12.5 Å². The van der Waals surface area contributed by atoms with Gasteiger partial charge in [0.15, 0.2) is 0 Å². The summed E-state index contributed by atoms with van der Waals surface area (Å²) < 4.78 is 10.1. The molecule has 0 saturated heterocycles. The summed E-state index contributed by atoms with van der Waals surface area (Å²) in [7, 11) is 3.25. The van der Waals surface area contributed by atoms with Gasteiger partial charge in [0.05, 0.1) is 19.3 Å². The molecule has 0 aromatic heterocycles. The number of nitrogens with one attached hydrogen (secondary N) is 2. The lowest BCUT2D eigenvalue weighted by atomic mass is 10.2. The van der Waals surface area contributed by atoms with E-state index in [9.17, 15) is 4.79 Å². The molecule has 0 aliphatic rings. The van der Waals surface area contributed by atoms with Crippen LogP contribution in [0, 0.1) is 6.92 Å². The highest BCUT2D eigenvalue weighted by Crippen LogP contribution is 2.24. The number of ether oxygens (including phenoxy) is 2. The summed E-state index contributed by atoms with van der Waals surface area (Å²) >= 11 is 0. The first kappa shape index (κ1) is 15.5. The molecule has 19 heavy (non-hydrogen) atoms. The Kier molecular flexibility index (Phi) is 6.92. The minimum atomic E-state index is -0.0821. The van der Waals surface area contributed by atoms with Crippen LogP contribution in [0.1, 0.15) is 12.0 Å². The zero-order valence-corrected chi connectivity index (χ0v) is 11.8. The Balaban J connectivity index is 2.41. The maximum Gasteiger partial charge on any atom is 0.238 e. The lowest BCUT2D eigenvalue weighted by Crippen LogP contribution is -2.29. The molecule has 0 spiro atoms. The van der Waals surface area contributed by atoms with Gasteiger partial charge in [-0.1, -0.05) is 6.07 Å². The van der Waals surface area contributed by atoms with Crippen LogP contribution in [0.3, 0.4) is 0 Å². The van der Waals surface area contributed by atoms with Gasteiger partial charge < -0.3 is 20.1 Å². The topological polar surface area (TPSA) is 59.6 Å². The standard InChI is InChI=1S/C14H22N2O3/c1-11-5-6-13(19-3)12(9-11)16-14(17)10-15-7-4-8-18-2/h5-6,9,15H,4,7-8,10H2,1-3H3,(H,16,17). The molecule has 0 fully saturated rings. The van der Waals surface area contributed by atoms with Crippen molar-refractivity contribution in [1.29, 1.82) is 0 Å². The monoisotopic (exact) mass is 266 g/mol. The van der Waals surface area contributed by atoms with E-state index in [1.807, 2.05) is 25.1 Å². The van der Waals surface area contributed by atoms with Gasteiger partial charge in [-0.25, -0.2) is 0 Å². The number of benzene rings is 1. The van der Waals surface area contributed by atoms with Crippen molar-refractivity contribution in [3.05, 3.63) is 23.8 Å². The zero-order chi connectivity index (χ0) is 14.1. The molecule has 5 heteroatoms. The smallest absolute Gasteiger partial charge is 0.238 e. The van der Waals surface area contributed by atoms with Crippen LogP contribution in [0.5, 0.6) is 5.75 Å². The average Bonchev–Trinajstić information content (AvgIpc) is 2.39. The molecule has 106 valence electrons. The number of carbonyl (C=O) groups is 1. The van der Waals surface area contributed by atoms with Crippen molar-refractivity contribution in [3.63, 3.8) is 0 Å². The quantitative estimate of drug-likeness (QED) is 0.701. The maximum absolute atomic E-state index is 11.8. The Morgan fingerprint density at radius 1 is 1.32 bits per heavy atom. The first-order chi connectivity index (χ1) is 9.17. The predicted molar refractivity (Wildman–Crippen MR) is 75.7 cm³/mol. The summed E-state index contributed by atoms with van der Waals surface area (Å²) in [6.07, 6.45) is 0.886. The molecule has 0 saturated carbocycles. The van der Waals surface area contributed by atoms with Crippen LogP contribution in [-0.4, -0.2) is 39.8 Å². The van der Waals surface area contributed by atoms with Gasteiger partial charge in [0, 0.05) is 13.7 Å². The van der Waals surface area contributed by atoms with E-state index < -0.39 is 0 Å². The highest BCUT2D eigenvalue weighted by molar-refractivity contribution is 5.93. The van der Waals surface area contributed by atoms with Crippen molar-refractivity contribution in [1.82, 2.24) is 5.32 Å². The molecule has 0 atom stereocenters. The number of carbonyl (C=O) groups excluding carboxylic acids is 1. The van der Waals surface area contributed by atoms with E-state index in [0.29, 0.717) is 18.0 Å². The first-order valence-corrected chi connectivity index (χ1v) is 6.31. The van der Waals surface area contributed by atoms with Crippen LogP contribution in [0.4, 0.5) is 5.69 Å². The molecule has 0 aliphatic heterocycles. The third kappa shape index (κ3) is 5.72. The second-order valence-corrected chi connectivity index (χ2v) is 4.28. The number of rotatable bonds is 8. The Bertz CT molecular complexity index is 408. The highest BCUT2D eigenvalue weighted by atomic mass is 16.5. The molecule has 1 aromatic rings. The number of hydrogen-bond acceptors (Lipinski definition) is 4. The van der Waals surface area contributed by atoms with E-state index in [4.69, 9.17) is 9.47 Å². The molecule has 5 nitrogen and oxygen atoms in total. The average molecular weight is 266 g/mol. The third-order valence-corrected chi connectivity index (χ3v) is 2.62. The predicted octanol–water partition coefficient (Wildman–Crippen LogP) is 1.57. The fourth-order valence-electron chi connectivity index (χ4n) is 1.66. The highest BCUT2D eigenvalue weighted by Gasteiger charge is 2.07. The normalized spacial score (nSPS) is 10.3. The number of anilines is 1. The lowest BCUT2D eigenvalue weighted by Gasteiger charge is -2.11. The van der Waals surface area contributed by atoms with Crippen molar-refractivity contribution >= 4 is 11.6 Å². The molecular weight excluding hydrogens is 244 g/mol. The summed E-state index contributed by atoms with van der Waals surface area (Å²) in [4.78, 5) is 11.8. The van der Waals surface area contributed by atoms with Gasteiger partial charge in [0.25, 0.3) is 0 Å². The third-order valence-electron chi connectivity index (χ3n) is 2.62. The van der Waals surface area contributed by atoms with E-state index in [0.717, 1.165) is 18.5 Å². The summed E-state index contributed by atoms with van der Waals surface area (Å²) in [5.41, 5.74) is 1.77. The van der Waals surface area contributed by atoms with Crippen LogP contribution in [-0.2, 0) is 9.53 Å². The summed E-state index contributed by atoms with van der Waals surface area (Å²) in [6, 6.07) is 5.68. The number of aryl methyl sites for hydroxylation is 1. The molecule has 0 unspecified atom stereocenters. The molecular formula is C14H22N2O3. The Labute approximate surface area is 114 Å². The van der Waals surface area contributed by atoms with Crippen LogP contribution in [0.15, 0.2) is 18.2 Å². The van der Waals surface area contributed by atoms with Crippen molar-refractivity contribution in [2.45, 2.75) is 13.3 Å². The SMILES string of the molecule is COCCCNCC(=O)Nc1cc(C)ccc1OC. The Morgan fingerprint density at radius 2 is 2.11 bits per heavy atom. The van der Waals surface area contributed by atoms with E-state index in [1.165, 1.54) is 0 Å². The van der Waals surface area contributed by atoms with Gasteiger partial charge >= 0.3 is 0 Å². The van der Waals surface area contributed by atoms with Gasteiger partial charge in [-0.2, -0.15) is 0 Å². The van der Waals surface area contributed by atoms with Gasteiger partial charge in [-0.05, 0) is 37.6 Å². The van der Waals surface area contributed by atoms with Gasteiger partial charge in [-0.15, -0.1) is 0 Å². The Hall–Kier alpha value is -1.59. The molecule has 0 radical (unpaired) electrons. The number of hydrogen-bond donors (Lipinski definition) is 2. The van der Waals surface area contributed by atoms with Gasteiger partial charge in [0.2, 0.25) is 5.91 Å². The molecule has 2 N–H and O–H groups in total. The van der Waals surface area contributed by atoms with Crippen LogP contribution in [0.2, 0.25) is 0 Å². The second-order valence-electron chi connectivity index (χ2n) is 4.28. The van der Waals surface area contributed by atoms with Crippen LogP contribution >= 0.6 is 0 Å². The van der Waals surface area contributed by atoms with Crippen LogP contribution in [0.25, 0.3) is 0 Å². The lowest BCUT2D eigenvalue weighted by molar-refractivity contribution is -0.115. The molecule has 0 bridgehead atoms. The fourth-order valence-corrected chi connectivity index (χ4v) is 1.66. The zero-order valence-electron chi connectivity index (χ0n) is 11.8.